The maximum Gasteiger partial charge on any atom is 0.255 e. The number of fused-ring (bicyclic) bond motifs is 1. The SMILES string of the molecule is CN(Cc1cncc2c1CN=C2)C(=O)c1cnc(-c2ccc(F)c(F)c2)c(OC2COC2)c1. The topological polar surface area (TPSA) is 76.9 Å². The van der Waals surface area contributed by atoms with Gasteiger partial charge in [-0.2, -0.15) is 0 Å². The van der Waals surface area contributed by atoms with Crippen LogP contribution in [0.4, 0.5) is 8.78 Å². The Bertz CT molecular complexity index is 1260. The fraction of sp³-hybridized carbons (Fsp3) is 0.250. The van der Waals surface area contributed by atoms with Gasteiger partial charge in [-0.1, -0.05) is 0 Å². The number of amides is 1. The monoisotopic (exact) mass is 450 g/mol. The number of carbonyl (C=O) groups excluding carboxylic acids is 1. The van der Waals surface area contributed by atoms with Gasteiger partial charge in [0.05, 0.1) is 25.3 Å². The average Bonchev–Trinajstić information content (AvgIpc) is 3.27. The van der Waals surface area contributed by atoms with Crippen molar-refractivity contribution in [2.45, 2.75) is 19.2 Å². The minimum atomic E-state index is -0.986. The molecule has 0 atom stereocenters. The van der Waals surface area contributed by atoms with Gasteiger partial charge in [-0.3, -0.25) is 19.8 Å². The van der Waals surface area contributed by atoms with Gasteiger partial charge in [-0.15, -0.1) is 0 Å². The fourth-order valence-corrected chi connectivity index (χ4v) is 3.75. The number of hydrogen-bond acceptors (Lipinski definition) is 6. The van der Waals surface area contributed by atoms with Crippen LogP contribution in [0.5, 0.6) is 5.75 Å². The van der Waals surface area contributed by atoms with E-state index in [2.05, 4.69) is 15.0 Å². The molecule has 0 unspecified atom stereocenters. The lowest BCUT2D eigenvalue weighted by Gasteiger charge is -2.28. The molecule has 7 nitrogen and oxygen atoms in total. The number of carbonyl (C=O) groups is 1. The van der Waals surface area contributed by atoms with Crippen molar-refractivity contribution >= 4 is 12.1 Å². The summed E-state index contributed by atoms with van der Waals surface area (Å²) >= 11 is 0. The number of benzene rings is 1. The molecular weight excluding hydrogens is 430 g/mol. The van der Waals surface area contributed by atoms with Crippen molar-refractivity contribution in [2.75, 3.05) is 20.3 Å². The average molecular weight is 450 g/mol. The van der Waals surface area contributed by atoms with Crippen LogP contribution in [0.25, 0.3) is 11.3 Å². The third kappa shape index (κ3) is 4.19. The highest BCUT2D eigenvalue weighted by Crippen LogP contribution is 2.32. The molecule has 3 aromatic rings. The van der Waals surface area contributed by atoms with Crippen molar-refractivity contribution < 1.29 is 23.0 Å². The molecule has 1 amide bonds. The zero-order chi connectivity index (χ0) is 22.9. The Labute approximate surface area is 188 Å². The van der Waals surface area contributed by atoms with Gasteiger partial charge >= 0.3 is 0 Å². The second-order valence-corrected chi connectivity index (χ2v) is 7.97. The number of nitrogens with zero attached hydrogens (tertiary/aromatic N) is 4. The van der Waals surface area contributed by atoms with Crippen molar-refractivity contribution in [1.29, 1.82) is 0 Å². The molecule has 0 radical (unpaired) electrons. The van der Waals surface area contributed by atoms with Crippen molar-refractivity contribution in [1.82, 2.24) is 14.9 Å². The standard InChI is InChI=1S/C24H20F2N4O3/c1-30(11-17-8-27-6-16-7-28-10-19(16)17)24(31)15-5-22(33-18-12-32-13-18)23(29-9-15)14-2-3-20(25)21(26)4-14/h2-9,18H,10-13H2,1H3. The van der Waals surface area contributed by atoms with Crippen LogP contribution in [0, 0.1) is 11.6 Å². The Morgan fingerprint density at radius 1 is 1.18 bits per heavy atom. The zero-order valence-corrected chi connectivity index (χ0v) is 17.8. The van der Waals surface area contributed by atoms with E-state index in [-0.39, 0.29) is 12.0 Å². The normalized spacial score (nSPS) is 14.6. The summed E-state index contributed by atoms with van der Waals surface area (Å²) in [7, 11) is 1.70. The Morgan fingerprint density at radius 3 is 2.79 bits per heavy atom. The number of ether oxygens (including phenoxy) is 2. The number of rotatable bonds is 6. The highest BCUT2D eigenvalue weighted by Gasteiger charge is 2.25. The van der Waals surface area contributed by atoms with Crippen molar-refractivity contribution in [3.63, 3.8) is 0 Å². The first-order valence-corrected chi connectivity index (χ1v) is 10.4. The minimum absolute atomic E-state index is 0.197. The number of pyridine rings is 2. The summed E-state index contributed by atoms with van der Waals surface area (Å²) in [6.45, 7) is 1.74. The summed E-state index contributed by atoms with van der Waals surface area (Å²) < 4.78 is 38.3. The molecule has 0 N–H and O–H groups in total. The molecule has 0 spiro atoms. The van der Waals surface area contributed by atoms with Crippen LogP contribution < -0.4 is 4.74 Å². The predicted molar refractivity (Wildman–Crippen MR) is 116 cm³/mol. The second kappa shape index (κ2) is 8.67. The first-order valence-electron chi connectivity index (χ1n) is 10.4. The van der Waals surface area contributed by atoms with Crippen molar-refractivity contribution in [3.8, 4) is 17.0 Å². The van der Waals surface area contributed by atoms with Gasteiger partial charge in [0.25, 0.3) is 5.91 Å². The van der Waals surface area contributed by atoms with Gasteiger partial charge in [0.15, 0.2) is 11.6 Å². The van der Waals surface area contributed by atoms with E-state index in [1.165, 1.54) is 12.3 Å². The van der Waals surface area contributed by atoms with Crippen LogP contribution in [0.1, 0.15) is 27.0 Å². The van der Waals surface area contributed by atoms with Gasteiger partial charge in [-0.05, 0) is 35.4 Å². The number of aromatic nitrogens is 2. The summed E-state index contributed by atoms with van der Waals surface area (Å²) in [6.07, 6.45) is 6.49. The molecule has 4 heterocycles. The Morgan fingerprint density at radius 2 is 2.03 bits per heavy atom. The van der Waals surface area contributed by atoms with Crippen LogP contribution in [-0.2, 0) is 17.8 Å². The minimum Gasteiger partial charge on any atom is -0.483 e. The highest BCUT2D eigenvalue weighted by molar-refractivity contribution is 5.95. The lowest BCUT2D eigenvalue weighted by Crippen LogP contribution is -2.38. The largest absolute Gasteiger partial charge is 0.483 e. The van der Waals surface area contributed by atoms with Crippen LogP contribution >= 0.6 is 0 Å². The number of aliphatic imine (C=N–C) groups is 1. The quantitative estimate of drug-likeness (QED) is 0.575. The number of halogens is 2. The van der Waals surface area contributed by atoms with E-state index in [9.17, 15) is 13.6 Å². The Kier molecular flexibility index (Phi) is 5.55. The summed E-state index contributed by atoms with van der Waals surface area (Å²) in [5.74, 6) is -1.88. The van der Waals surface area contributed by atoms with Crippen LogP contribution in [0.2, 0.25) is 0 Å². The molecule has 0 bridgehead atoms. The van der Waals surface area contributed by atoms with E-state index in [0.29, 0.717) is 48.9 Å². The predicted octanol–water partition coefficient (Wildman–Crippen LogP) is 3.40. The van der Waals surface area contributed by atoms with E-state index in [1.54, 1.807) is 36.6 Å². The van der Waals surface area contributed by atoms with Gasteiger partial charge in [-0.25, -0.2) is 8.78 Å². The lowest BCUT2D eigenvalue weighted by atomic mass is 10.1. The van der Waals surface area contributed by atoms with E-state index < -0.39 is 11.6 Å². The van der Waals surface area contributed by atoms with Crippen LogP contribution in [-0.4, -0.2) is 53.4 Å². The molecule has 2 aliphatic rings. The Balaban J connectivity index is 1.42. The lowest BCUT2D eigenvalue weighted by molar-refractivity contribution is -0.0795. The maximum atomic E-state index is 13.8. The summed E-state index contributed by atoms with van der Waals surface area (Å²) in [6, 6.07) is 5.09. The summed E-state index contributed by atoms with van der Waals surface area (Å²) in [5.41, 5.74) is 3.94. The van der Waals surface area contributed by atoms with Gasteiger partial charge in [0, 0.05) is 49.5 Å². The molecule has 1 aromatic carbocycles. The molecular formula is C24H20F2N4O3. The third-order valence-electron chi connectivity index (χ3n) is 5.61. The van der Waals surface area contributed by atoms with Gasteiger partial charge in [0.1, 0.15) is 17.5 Å². The fourth-order valence-electron chi connectivity index (χ4n) is 3.75. The molecule has 1 fully saturated rings. The molecule has 33 heavy (non-hydrogen) atoms. The van der Waals surface area contributed by atoms with Crippen LogP contribution in [0.3, 0.4) is 0 Å². The zero-order valence-electron chi connectivity index (χ0n) is 17.8. The molecule has 168 valence electrons. The molecule has 0 aliphatic carbocycles. The molecule has 0 saturated carbocycles. The van der Waals surface area contributed by atoms with E-state index in [4.69, 9.17) is 9.47 Å². The van der Waals surface area contributed by atoms with E-state index in [0.717, 1.165) is 28.8 Å². The summed E-state index contributed by atoms with van der Waals surface area (Å²) in [5, 5.41) is 0. The van der Waals surface area contributed by atoms with Crippen molar-refractivity contribution in [2.24, 2.45) is 4.99 Å². The van der Waals surface area contributed by atoms with Gasteiger partial charge in [0.2, 0.25) is 0 Å². The summed E-state index contributed by atoms with van der Waals surface area (Å²) in [4.78, 5) is 27.6. The van der Waals surface area contributed by atoms with Gasteiger partial charge < -0.3 is 14.4 Å². The highest BCUT2D eigenvalue weighted by atomic mass is 19.2. The number of hydrogen-bond donors (Lipinski definition) is 0. The van der Waals surface area contributed by atoms with E-state index in [1.807, 2.05) is 0 Å². The van der Waals surface area contributed by atoms with E-state index >= 15 is 0 Å². The first kappa shape index (κ1) is 21.1. The molecule has 5 rings (SSSR count). The molecule has 2 aromatic heterocycles. The molecule has 9 heteroatoms. The third-order valence-corrected chi connectivity index (χ3v) is 5.61. The smallest absolute Gasteiger partial charge is 0.255 e. The molecule has 1 saturated heterocycles. The maximum absolute atomic E-state index is 13.8. The second-order valence-electron chi connectivity index (χ2n) is 7.97. The van der Waals surface area contributed by atoms with Crippen LogP contribution in [0.15, 0.2) is 47.8 Å². The molecule has 2 aliphatic heterocycles. The first-order chi connectivity index (χ1) is 16.0. The van der Waals surface area contributed by atoms with Crippen molar-refractivity contribution in [3.05, 3.63) is 76.7 Å². The Hall–Kier alpha value is -3.72.